The first-order valence-electron chi connectivity index (χ1n) is 6.02. The molecule has 0 spiro atoms. The topological polar surface area (TPSA) is 49.8 Å². The predicted molar refractivity (Wildman–Crippen MR) is 94.1 cm³/mol. The fraction of sp³-hybridized carbons (Fsp3) is 0.154. The molecule has 0 atom stereocenters. The summed E-state index contributed by atoms with van der Waals surface area (Å²) in [6.07, 6.45) is 3.84. The summed E-state index contributed by atoms with van der Waals surface area (Å²) in [6.45, 7) is 0.604. The molecule has 0 aliphatic carbocycles. The van der Waals surface area contributed by atoms with Gasteiger partial charge in [-0.1, -0.05) is 29.3 Å². The molecule has 0 bridgehead atoms. The van der Waals surface area contributed by atoms with Gasteiger partial charge in [0.2, 0.25) is 0 Å². The Labute approximate surface area is 146 Å². The van der Waals surface area contributed by atoms with Crippen molar-refractivity contribution in [1.82, 2.24) is 15.3 Å². The molecule has 0 unspecified atom stereocenters. The monoisotopic (exact) mass is 404 g/mol. The fourth-order valence-electron chi connectivity index (χ4n) is 1.63. The maximum absolute atomic E-state index is 6.11. The minimum atomic E-state index is 0.458. The van der Waals surface area contributed by atoms with Crippen molar-refractivity contribution < 1.29 is 0 Å². The molecule has 0 aliphatic heterocycles. The molecule has 0 aliphatic rings. The van der Waals surface area contributed by atoms with Crippen molar-refractivity contribution in [2.24, 2.45) is 0 Å². The van der Waals surface area contributed by atoms with E-state index < -0.39 is 0 Å². The highest BCUT2D eigenvalue weighted by Gasteiger charge is 2.07. The van der Waals surface area contributed by atoms with Crippen molar-refractivity contribution in [3.8, 4) is 0 Å². The van der Waals surface area contributed by atoms with Crippen molar-refractivity contribution in [3.63, 3.8) is 0 Å². The summed E-state index contributed by atoms with van der Waals surface area (Å²) in [5.74, 6) is 0.561. The number of benzene rings is 1. The maximum Gasteiger partial charge on any atom is 0.172 e. The molecule has 0 radical (unpaired) electrons. The van der Waals surface area contributed by atoms with Gasteiger partial charge in [-0.15, -0.1) is 0 Å². The third-order valence-electron chi connectivity index (χ3n) is 2.61. The largest absolute Gasteiger partial charge is 0.362 e. The molecule has 1 aromatic heterocycles. The second-order valence-electron chi connectivity index (χ2n) is 4.03. The minimum absolute atomic E-state index is 0.458. The van der Waals surface area contributed by atoms with Crippen molar-refractivity contribution in [2.75, 3.05) is 11.9 Å². The Kier molecular flexibility index (Phi) is 6.17. The lowest BCUT2D eigenvalue weighted by atomic mass is 10.1. The molecule has 8 heteroatoms. The van der Waals surface area contributed by atoms with Crippen LogP contribution in [-0.2, 0) is 6.42 Å². The van der Waals surface area contributed by atoms with Gasteiger partial charge in [0.05, 0.1) is 0 Å². The van der Waals surface area contributed by atoms with E-state index >= 15 is 0 Å². The predicted octanol–water partition coefficient (Wildman–Crippen LogP) is 4.08. The van der Waals surface area contributed by atoms with Gasteiger partial charge in [-0.3, -0.25) is 0 Å². The number of aromatic nitrogens is 2. The third kappa shape index (κ3) is 4.78. The summed E-state index contributed by atoms with van der Waals surface area (Å²) in [5, 5.41) is 7.80. The minimum Gasteiger partial charge on any atom is -0.362 e. The molecule has 2 N–H and O–H groups in total. The van der Waals surface area contributed by atoms with E-state index in [-0.39, 0.29) is 0 Å². The molecule has 0 saturated heterocycles. The quantitative estimate of drug-likeness (QED) is 0.750. The second kappa shape index (κ2) is 7.89. The summed E-state index contributed by atoms with van der Waals surface area (Å²) in [4.78, 5) is 8.18. The maximum atomic E-state index is 6.11. The highest BCUT2D eigenvalue weighted by Crippen LogP contribution is 2.24. The zero-order valence-electron chi connectivity index (χ0n) is 10.7. The summed E-state index contributed by atoms with van der Waals surface area (Å²) in [5.41, 5.74) is 0.900. The number of thiocarbonyl (C=S) groups is 1. The molecular formula is C13H11BrCl2N4S. The molecule has 0 saturated carbocycles. The first-order valence-corrected chi connectivity index (χ1v) is 7.98. The van der Waals surface area contributed by atoms with Crippen molar-refractivity contribution in [2.45, 2.75) is 6.42 Å². The zero-order chi connectivity index (χ0) is 15.2. The number of hydrogen-bond acceptors (Lipinski definition) is 3. The number of nitrogens with one attached hydrogen (secondary N) is 2. The Balaban J connectivity index is 1.86. The summed E-state index contributed by atoms with van der Waals surface area (Å²) in [6, 6.07) is 5.45. The fourth-order valence-corrected chi connectivity index (χ4v) is 2.73. The van der Waals surface area contributed by atoms with E-state index in [1.165, 1.54) is 0 Å². The van der Waals surface area contributed by atoms with Gasteiger partial charge in [0, 0.05) is 29.0 Å². The van der Waals surface area contributed by atoms with Gasteiger partial charge in [-0.25, -0.2) is 9.97 Å². The summed E-state index contributed by atoms with van der Waals surface area (Å²) >= 11 is 20.7. The van der Waals surface area contributed by atoms with E-state index in [1.807, 2.05) is 18.2 Å². The Hall–Kier alpha value is -0.950. The van der Waals surface area contributed by atoms with Crippen LogP contribution in [0.25, 0.3) is 0 Å². The van der Waals surface area contributed by atoms with Crippen LogP contribution < -0.4 is 10.6 Å². The van der Waals surface area contributed by atoms with Gasteiger partial charge >= 0.3 is 0 Å². The van der Waals surface area contributed by atoms with Crippen LogP contribution in [0.3, 0.4) is 0 Å². The average Bonchev–Trinajstić information content (AvgIpc) is 2.45. The highest BCUT2D eigenvalue weighted by atomic mass is 79.9. The standard InChI is InChI=1S/C13H11BrCl2N4S/c14-11-12(18-7-6-17-11)20-13(21)19-5-4-8-9(15)2-1-3-10(8)16/h1-3,6-7H,4-5H2,(H2,18,19,20,21). The van der Waals surface area contributed by atoms with Crippen LogP contribution in [0.5, 0.6) is 0 Å². The third-order valence-corrected chi connectivity index (χ3v) is 4.14. The van der Waals surface area contributed by atoms with Crippen LogP contribution in [-0.4, -0.2) is 21.6 Å². The van der Waals surface area contributed by atoms with Gasteiger partial charge in [0.1, 0.15) is 4.60 Å². The molecule has 110 valence electrons. The van der Waals surface area contributed by atoms with Gasteiger partial charge in [-0.2, -0.15) is 0 Å². The van der Waals surface area contributed by atoms with E-state index in [9.17, 15) is 0 Å². The Bertz CT molecular complexity index is 634. The number of rotatable bonds is 4. The lowest BCUT2D eigenvalue weighted by Crippen LogP contribution is -2.30. The van der Waals surface area contributed by atoms with E-state index in [1.54, 1.807) is 12.4 Å². The van der Waals surface area contributed by atoms with Crippen molar-refractivity contribution in [3.05, 3.63) is 50.8 Å². The van der Waals surface area contributed by atoms with Gasteiger partial charge < -0.3 is 10.6 Å². The van der Waals surface area contributed by atoms with Crippen LogP contribution in [0.15, 0.2) is 35.2 Å². The van der Waals surface area contributed by atoms with Gasteiger partial charge in [-0.05, 0) is 52.3 Å². The van der Waals surface area contributed by atoms with Crippen LogP contribution in [0.2, 0.25) is 10.0 Å². The van der Waals surface area contributed by atoms with E-state index in [0.717, 1.165) is 5.56 Å². The number of hydrogen-bond donors (Lipinski definition) is 2. The average molecular weight is 406 g/mol. The smallest absolute Gasteiger partial charge is 0.172 e. The van der Waals surface area contributed by atoms with Gasteiger partial charge in [0.25, 0.3) is 0 Å². The van der Waals surface area contributed by atoms with Crippen LogP contribution in [0.1, 0.15) is 5.56 Å². The Morgan fingerprint density at radius 3 is 2.52 bits per heavy atom. The summed E-state index contributed by atoms with van der Waals surface area (Å²) in [7, 11) is 0. The lowest BCUT2D eigenvalue weighted by molar-refractivity contribution is 0.873. The molecule has 0 fully saturated rings. The van der Waals surface area contributed by atoms with E-state index in [4.69, 9.17) is 35.4 Å². The van der Waals surface area contributed by atoms with Crippen LogP contribution >= 0.6 is 51.3 Å². The van der Waals surface area contributed by atoms with Gasteiger partial charge in [0.15, 0.2) is 10.9 Å². The van der Waals surface area contributed by atoms with Crippen LogP contribution in [0.4, 0.5) is 5.82 Å². The molecule has 2 aromatic rings. The molecular weight excluding hydrogens is 395 g/mol. The van der Waals surface area contributed by atoms with Crippen LogP contribution in [0, 0.1) is 0 Å². The van der Waals surface area contributed by atoms with Crippen molar-refractivity contribution >= 4 is 62.3 Å². The first-order chi connectivity index (χ1) is 10.1. The normalized spacial score (nSPS) is 10.2. The van der Waals surface area contributed by atoms with E-state index in [2.05, 4.69) is 36.5 Å². The molecule has 4 nitrogen and oxygen atoms in total. The summed E-state index contributed by atoms with van der Waals surface area (Å²) < 4.78 is 0.600. The molecule has 2 rings (SSSR count). The number of halogens is 3. The van der Waals surface area contributed by atoms with E-state index in [0.29, 0.717) is 38.5 Å². The Morgan fingerprint density at radius 1 is 1.19 bits per heavy atom. The number of anilines is 1. The SMILES string of the molecule is S=C(NCCc1c(Cl)cccc1Cl)Nc1nccnc1Br. The first kappa shape index (κ1) is 16.4. The highest BCUT2D eigenvalue weighted by molar-refractivity contribution is 9.10. The van der Waals surface area contributed by atoms with Crippen molar-refractivity contribution in [1.29, 1.82) is 0 Å². The molecule has 0 amide bonds. The second-order valence-corrected chi connectivity index (χ2v) is 6.00. The Morgan fingerprint density at radius 2 is 1.86 bits per heavy atom. The molecule has 1 heterocycles. The zero-order valence-corrected chi connectivity index (χ0v) is 14.7. The molecule has 21 heavy (non-hydrogen) atoms. The number of nitrogens with zero attached hydrogens (tertiary/aromatic N) is 2. The molecule has 1 aromatic carbocycles. The lowest BCUT2D eigenvalue weighted by Gasteiger charge is -2.11.